The van der Waals surface area contributed by atoms with E-state index >= 15 is 0 Å². The Bertz CT molecular complexity index is 1100. The Balaban J connectivity index is 1.71. The number of rotatable bonds is 6. The predicted molar refractivity (Wildman–Crippen MR) is 124 cm³/mol. The standard InChI is InChI=1S/C20H13Cl5F3N3O2/c21-10-5-9(6-11(22)7-10)15-16(20(15,24)25)18(33)30-12-1-2-14(23)13(8-12)17(32)31-29-4-3-19(26,27)28/h1-2,4-8,15-16H,3H2,(H,30,33)(H,31,32)/t15-,16+/m0/s1. The van der Waals surface area contributed by atoms with Gasteiger partial charge >= 0.3 is 6.18 Å². The first-order valence-corrected chi connectivity index (χ1v) is 11.0. The zero-order chi connectivity index (χ0) is 24.6. The van der Waals surface area contributed by atoms with Gasteiger partial charge in [-0.25, -0.2) is 5.43 Å². The molecule has 2 aromatic rings. The van der Waals surface area contributed by atoms with Crippen molar-refractivity contribution >= 4 is 81.7 Å². The van der Waals surface area contributed by atoms with E-state index in [9.17, 15) is 22.8 Å². The maximum atomic E-state index is 12.8. The summed E-state index contributed by atoms with van der Waals surface area (Å²) in [4.78, 5) is 25.0. The largest absolute Gasteiger partial charge is 0.394 e. The summed E-state index contributed by atoms with van der Waals surface area (Å²) in [5, 5.41) is 6.55. The highest BCUT2D eigenvalue weighted by molar-refractivity contribution is 6.53. The van der Waals surface area contributed by atoms with Crippen LogP contribution in [0.15, 0.2) is 41.5 Å². The van der Waals surface area contributed by atoms with Crippen LogP contribution in [0, 0.1) is 5.92 Å². The van der Waals surface area contributed by atoms with Gasteiger partial charge in [-0.05, 0) is 42.0 Å². The van der Waals surface area contributed by atoms with Crippen LogP contribution in [-0.4, -0.2) is 28.5 Å². The lowest BCUT2D eigenvalue weighted by atomic mass is 10.1. The second-order valence-corrected chi connectivity index (χ2v) is 9.81. The molecule has 1 fully saturated rings. The van der Waals surface area contributed by atoms with E-state index < -0.39 is 40.6 Å². The summed E-state index contributed by atoms with van der Waals surface area (Å²) in [6.07, 6.45) is -5.25. The molecule has 33 heavy (non-hydrogen) atoms. The molecule has 0 unspecified atom stereocenters. The fraction of sp³-hybridized carbons (Fsp3) is 0.250. The third-order valence-corrected chi connectivity index (χ3v) is 6.35. The van der Waals surface area contributed by atoms with E-state index in [0.717, 1.165) is 0 Å². The molecule has 2 atom stereocenters. The summed E-state index contributed by atoms with van der Waals surface area (Å²) in [5.74, 6) is -2.81. The number of carbonyl (C=O) groups is 2. The molecule has 0 aromatic heterocycles. The van der Waals surface area contributed by atoms with Crippen LogP contribution in [0.3, 0.4) is 0 Å². The summed E-state index contributed by atoms with van der Waals surface area (Å²) in [7, 11) is 0. The molecule has 0 bridgehead atoms. The Morgan fingerprint density at radius 3 is 2.30 bits per heavy atom. The molecule has 5 nitrogen and oxygen atoms in total. The fourth-order valence-corrected chi connectivity index (χ4v) is 4.71. The highest BCUT2D eigenvalue weighted by Crippen LogP contribution is 2.65. The lowest BCUT2D eigenvalue weighted by Crippen LogP contribution is -2.20. The van der Waals surface area contributed by atoms with Gasteiger partial charge in [-0.3, -0.25) is 9.59 Å². The van der Waals surface area contributed by atoms with Gasteiger partial charge in [0.05, 0.1) is 22.9 Å². The lowest BCUT2D eigenvalue weighted by Gasteiger charge is -2.09. The van der Waals surface area contributed by atoms with E-state index in [1.807, 2.05) is 5.43 Å². The first-order chi connectivity index (χ1) is 15.3. The molecule has 2 amide bonds. The maximum absolute atomic E-state index is 12.8. The number of hydrogen-bond acceptors (Lipinski definition) is 3. The second kappa shape index (κ2) is 9.88. The van der Waals surface area contributed by atoms with Crippen molar-refractivity contribution < 1.29 is 22.8 Å². The van der Waals surface area contributed by atoms with Crippen molar-refractivity contribution in [3.63, 3.8) is 0 Å². The predicted octanol–water partition coefficient (Wildman–Crippen LogP) is 6.84. The average molecular weight is 562 g/mol. The van der Waals surface area contributed by atoms with E-state index in [4.69, 9.17) is 58.0 Å². The van der Waals surface area contributed by atoms with Crippen molar-refractivity contribution in [2.24, 2.45) is 11.0 Å². The van der Waals surface area contributed by atoms with Crippen LogP contribution < -0.4 is 10.7 Å². The van der Waals surface area contributed by atoms with Crippen molar-refractivity contribution in [3.05, 3.63) is 62.6 Å². The zero-order valence-electron chi connectivity index (χ0n) is 16.2. The van der Waals surface area contributed by atoms with Gasteiger partial charge in [-0.2, -0.15) is 18.3 Å². The molecule has 0 aliphatic heterocycles. The minimum absolute atomic E-state index is 0.00146. The van der Waals surface area contributed by atoms with Gasteiger partial charge in [0.15, 0.2) is 0 Å². The summed E-state index contributed by atoms with van der Waals surface area (Å²) in [5.41, 5.74) is 2.61. The average Bonchev–Trinajstić information content (AvgIpc) is 3.27. The summed E-state index contributed by atoms with van der Waals surface area (Å²) >= 11 is 30.7. The van der Waals surface area contributed by atoms with Crippen LogP contribution in [0.5, 0.6) is 0 Å². The van der Waals surface area contributed by atoms with Gasteiger partial charge < -0.3 is 5.32 Å². The van der Waals surface area contributed by atoms with Crippen LogP contribution in [0.2, 0.25) is 15.1 Å². The number of alkyl halides is 5. The first-order valence-electron chi connectivity index (χ1n) is 9.12. The van der Waals surface area contributed by atoms with E-state index in [-0.39, 0.29) is 16.3 Å². The lowest BCUT2D eigenvalue weighted by molar-refractivity contribution is -0.120. The molecule has 0 radical (unpaired) electrons. The third-order valence-electron chi connectivity index (χ3n) is 4.64. The van der Waals surface area contributed by atoms with Gasteiger partial charge in [0, 0.05) is 27.9 Å². The topological polar surface area (TPSA) is 70.6 Å². The maximum Gasteiger partial charge on any atom is 0.394 e. The molecule has 13 heteroatoms. The third kappa shape index (κ3) is 6.45. The smallest absolute Gasteiger partial charge is 0.326 e. The summed E-state index contributed by atoms with van der Waals surface area (Å²) in [6.45, 7) is 0. The number of amides is 2. The number of nitrogens with zero attached hydrogens (tertiary/aromatic N) is 1. The minimum Gasteiger partial charge on any atom is -0.326 e. The van der Waals surface area contributed by atoms with Gasteiger partial charge in [0.25, 0.3) is 5.91 Å². The number of nitrogens with one attached hydrogen (secondary N) is 2. The number of hydrazone groups is 1. The van der Waals surface area contributed by atoms with Gasteiger partial charge in [0.1, 0.15) is 4.33 Å². The second-order valence-electron chi connectivity index (χ2n) is 7.09. The van der Waals surface area contributed by atoms with E-state index in [2.05, 4.69) is 10.4 Å². The quantitative estimate of drug-likeness (QED) is 0.230. The Morgan fingerprint density at radius 1 is 1.06 bits per heavy atom. The molecule has 1 aliphatic rings. The van der Waals surface area contributed by atoms with Gasteiger partial charge in [-0.15, -0.1) is 23.2 Å². The Hall–Kier alpha value is -1.71. The number of carbonyl (C=O) groups excluding carboxylic acids is 2. The molecule has 1 saturated carbocycles. The van der Waals surface area contributed by atoms with Crippen LogP contribution in [0.1, 0.15) is 28.3 Å². The number of halogens is 8. The van der Waals surface area contributed by atoms with Crippen LogP contribution in [0.25, 0.3) is 0 Å². The number of benzene rings is 2. The van der Waals surface area contributed by atoms with Crippen molar-refractivity contribution in [3.8, 4) is 0 Å². The van der Waals surface area contributed by atoms with Gasteiger partial charge in [-0.1, -0.05) is 34.8 Å². The van der Waals surface area contributed by atoms with E-state index in [1.54, 1.807) is 12.1 Å². The van der Waals surface area contributed by atoms with Crippen LogP contribution >= 0.6 is 58.0 Å². The highest BCUT2D eigenvalue weighted by Gasteiger charge is 2.67. The summed E-state index contributed by atoms with van der Waals surface area (Å²) in [6, 6.07) is 8.75. The van der Waals surface area contributed by atoms with Crippen molar-refractivity contribution in [1.29, 1.82) is 0 Å². The molecule has 2 N–H and O–H groups in total. The Morgan fingerprint density at radius 2 is 1.70 bits per heavy atom. The van der Waals surface area contributed by atoms with Crippen molar-refractivity contribution in [2.45, 2.75) is 22.8 Å². The molecule has 1 aliphatic carbocycles. The summed E-state index contributed by atoms with van der Waals surface area (Å²) < 4.78 is 35.0. The van der Waals surface area contributed by atoms with E-state index in [0.29, 0.717) is 21.8 Å². The van der Waals surface area contributed by atoms with E-state index in [1.165, 1.54) is 24.3 Å². The molecule has 2 aromatic carbocycles. The molecule has 3 rings (SSSR count). The molecular formula is C20H13Cl5F3N3O2. The van der Waals surface area contributed by atoms with Crippen molar-refractivity contribution in [1.82, 2.24) is 5.43 Å². The monoisotopic (exact) mass is 559 g/mol. The fourth-order valence-electron chi connectivity index (χ4n) is 3.13. The van der Waals surface area contributed by atoms with Crippen LogP contribution in [-0.2, 0) is 4.79 Å². The number of anilines is 1. The molecule has 0 saturated heterocycles. The zero-order valence-corrected chi connectivity index (χ0v) is 20.0. The van der Waals surface area contributed by atoms with Crippen molar-refractivity contribution in [2.75, 3.05) is 5.32 Å². The SMILES string of the molecule is O=C(NN=CCC(F)(F)F)c1cc(NC(=O)[C@H]2[C@H](c3cc(Cl)cc(Cl)c3)C2(Cl)Cl)ccc1Cl. The normalized spacial score (nSPS) is 19.4. The highest BCUT2D eigenvalue weighted by atomic mass is 35.5. The first kappa shape index (κ1) is 25.9. The Labute approximate surface area is 211 Å². The van der Waals surface area contributed by atoms with Crippen LogP contribution in [0.4, 0.5) is 18.9 Å². The molecule has 176 valence electrons. The number of hydrogen-bond donors (Lipinski definition) is 2. The van der Waals surface area contributed by atoms with Gasteiger partial charge in [0.2, 0.25) is 5.91 Å². The minimum atomic E-state index is -4.45. The molecule has 0 heterocycles. The molecule has 0 spiro atoms. The molecular weight excluding hydrogens is 548 g/mol. The Kier molecular flexibility index (Phi) is 7.75.